The largest absolute Gasteiger partial charge is 0.353 e. The minimum Gasteiger partial charge on any atom is -0.353 e. The SMILES string of the molecule is CN(CCCNC(=O)C=Cc1cccs1)Cc1ccccc1. The Morgan fingerprint density at radius 3 is 2.77 bits per heavy atom. The van der Waals surface area contributed by atoms with E-state index in [1.165, 1.54) is 5.56 Å². The molecule has 0 saturated carbocycles. The Hall–Kier alpha value is -1.91. The van der Waals surface area contributed by atoms with E-state index in [0.29, 0.717) is 6.54 Å². The minimum absolute atomic E-state index is 0.0286. The average Bonchev–Trinajstić information content (AvgIpc) is 3.04. The van der Waals surface area contributed by atoms with Crippen molar-refractivity contribution < 1.29 is 4.79 Å². The van der Waals surface area contributed by atoms with Crippen LogP contribution in [0.3, 0.4) is 0 Å². The normalized spacial score (nSPS) is 11.2. The van der Waals surface area contributed by atoms with Gasteiger partial charge in [-0.25, -0.2) is 0 Å². The zero-order chi connectivity index (χ0) is 15.6. The zero-order valence-corrected chi connectivity index (χ0v) is 13.7. The van der Waals surface area contributed by atoms with Gasteiger partial charge in [-0.1, -0.05) is 36.4 Å². The maximum Gasteiger partial charge on any atom is 0.244 e. The van der Waals surface area contributed by atoms with Gasteiger partial charge in [-0.15, -0.1) is 11.3 Å². The summed E-state index contributed by atoms with van der Waals surface area (Å²) in [6.45, 7) is 2.60. The molecule has 0 radical (unpaired) electrons. The highest BCUT2D eigenvalue weighted by molar-refractivity contribution is 7.10. The first-order chi connectivity index (χ1) is 10.7. The van der Waals surface area contributed by atoms with Gasteiger partial charge in [0, 0.05) is 24.0 Å². The number of carbonyl (C=O) groups excluding carboxylic acids is 1. The van der Waals surface area contributed by atoms with Crippen molar-refractivity contribution in [3.63, 3.8) is 0 Å². The van der Waals surface area contributed by atoms with E-state index >= 15 is 0 Å². The second-order valence-electron chi connectivity index (χ2n) is 5.22. The van der Waals surface area contributed by atoms with E-state index < -0.39 is 0 Å². The lowest BCUT2D eigenvalue weighted by Crippen LogP contribution is -2.26. The highest BCUT2D eigenvalue weighted by Crippen LogP contribution is 2.09. The molecule has 0 atom stereocenters. The topological polar surface area (TPSA) is 32.3 Å². The third-order valence-corrected chi connectivity index (χ3v) is 4.09. The molecule has 2 rings (SSSR count). The summed E-state index contributed by atoms with van der Waals surface area (Å²) in [7, 11) is 2.10. The second kappa shape index (κ2) is 9.18. The number of thiophene rings is 1. The molecule has 4 heteroatoms. The highest BCUT2D eigenvalue weighted by atomic mass is 32.1. The van der Waals surface area contributed by atoms with Crippen molar-refractivity contribution in [3.05, 3.63) is 64.4 Å². The molecule has 1 N–H and O–H groups in total. The van der Waals surface area contributed by atoms with E-state index in [1.54, 1.807) is 17.4 Å². The Kier molecular flexibility index (Phi) is 6.87. The third-order valence-electron chi connectivity index (χ3n) is 3.25. The van der Waals surface area contributed by atoms with Crippen LogP contribution in [0.2, 0.25) is 0 Å². The predicted molar refractivity (Wildman–Crippen MR) is 93.8 cm³/mol. The molecule has 0 fully saturated rings. The van der Waals surface area contributed by atoms with Gasteiger partial charge in [0.05, 0.1) is 0 Å². The van der Waals surface area contributed by atoms with Gasteiger partial charge in [-0.2, -0.15) is 0 Å². The maximum atomic E-state index is 11.7. The van der Waals surface area contributed by atoms with E-state index in [2.05, 4.69) is 41.5 Å². The first-order valence-electron chi connectivity index (χ1n) is 7.46. The molecule has 1 heterocycles. The number of hydrogen-bond acceptors (Lipinski definition) is 3. The molecule has 0 saturated heterocycles. The van der Waals surface area contributed by atoms with Crippen molar-refractivity contribution in [2.24, 2.45) is 0 Å². The molecule has 0 aliphatic carbocycles. The fourth-order valence-electron chi connectivity index (χ4n) is 2.14. The molecule has 3 nitrogen and oxygen atoms in total. The summed E-state index contributed by atoms with van der Waals surface area (Å²) in [5.74, 6) is -0.0286. The Morgan fingerprint density at radius 2 is 2.05 bits per heavy atom. The van der Waals surface area contributed by atoms with Crippen molar-refractivity contribution in [1.29, 1.82) is 0 Å². The minimum atomic E-state index is -0.0286. The molecule has 22 heavy (non-hydrogen) atoms. The van der Waals surface area contributed by atoms with Crippen molar-refractivity contribution in [3.8, 4) is 0 Å². The van der Waals surface area contributed by atoms with E-state index in [-0.39, 0.29) is 5.91 Å². The summed E-state index contributed by atoms with van der Waals surface area (Å²) in [4.78, 5) is 15.0. The number of rotatable bonds is 8. The first-order valence-corrected chi connectivity index (χ1v) is 8.34. The zero-order valence-electron chi connectivity index (χ0n) is 12.9. The van der Waals surface area contributed by atoms with Crippen molar-refractivity contribution >= 4 is 23.3 Å². The van der Waals surface area contributed by atoms with Crippen LogP contribution in [0.15, 0.2) is 53.9 Å². The summed E-state index contributed by atoms with van der Waals surface area (Å²) in [6.07, 6.45) is 4.39. The average molecular weight is 314 g/mol. The van der Waals surface area contributed by atoms with Gasteiger partial charge in [0.2, 0.25) is 5.91 Å². The van der Waals surface area contributed by atoms with Gasteiger partial charge < -0.3 is 10.2 Å². The molecule has 2 aromatic rings. The molecule has 116 valence electrons. The Bertz CT molecular complexity index is 578. The van der Waals surface area contributed by atoms with E-state index in [1.807, 2.05) is 29.7 Å². The van der Waals surface area contributed by atoms with Crippen LogP contribution in [0.5, 0.6) is 0 Å². The van der Waals surface area contributed by atoms with Crippen LogP contribution in [-0.2, 0) is 11.3 Å². The summed E-state index contributed by atoms with van der Waals surface area (Å²) >= 11 is 1.62. The van der Waals surface area contributed by atoms with Gasteiger partial charge in [-0.05, 0) is 43.1 Å². The Morgan fingerprint density at radius 1 is 1.23 bits per heavy atom. The number of amides is 1. The molecule has 0 bridgehead atoms. The molecule has 0 spiro atoms. The molecule has 0 aliphatic heterocycles. The van der Waals surface area contributed by atoms with Crippen LogP contribution in [0.4, 0.5) is 0 Å². The van der Waals surface area contributed by atoms with Crippen molar-refractivity contribution in [1.82, 2.24) is 10.2 Å². The lowest BCUT2D eigenvalue weighted by Gasteiger charge is -2.16. The van der Waals surface area contributed by atoms with Crippen LogP contribution in [0.25, 0.3) is 6.08 Å². The summed E-state index contributed by atoms with van der Waals surface area (Å²) in [6, 6.07) is 14.4. The molecule has 1 amide bonds. The summed E-state index contributed by atoms with van der Waals surface area (Å²) in [5, 5.41) is 4.92. The quantitative estimate of drug-likeness (QED) is 0.598. The number of carbonyl (C=O) groups is 1. The second-order valence-corrected chi connectivity index (χ2v) is 6.20. The lowest BCUT2D eigenvalue weighted by molar-refractivity contribution is -0.116. The van der Waals surface area contributed by atoms with Gasteiger partial charge in [0.15, 0.2) is 0 Å². The van der Waals surface area contributed by atoms with Crippen LogP contribution in [0.1, 0.15) is 16.9 Å². The fourth-order valence-corrected chi connectivity index (χ4v) is 2.76. The molecular weight excluding hydrogens is 292 g/mol. The monoisotopic (exact) mass is 314 g/mol. The standard InChI is InChI=1S/C18H22N2OS/c1-20(15-16-7-3-2-4-8-16)13-6-12-19-18(21)11-10-17-9-5-14-22-17/h2-5,7-11,14H,6,12-13,15H2,1H3,(H,19,21). The molecular formula is C18H22N2OS. The fraction of sp³-hybridized carbons (Fsp3) is 0.278. The van der Waals surface area contributed by atoms with Crippen LogP contribution in [0, 0.1) is 0 Å². The van der Waals surface area contributed by atoms with Gasteiger partial charge >= 0.3 is 0 Å². The Labute approximate surface area is 136 Å². The number of nitrogens with one attached hydrogen (secondary N) is 1. The smallest absolute Gasteiger partial charge is 0.244 e. The third kappa shape index (κ3) is 6.24. The molecule has 1 aromatic heterocycles. The summed E-state index contributed by atoms with van der Waals surface area (Å²) in [5.41, 5.74) is 1.31. The van der Waals surface area contributed by atoms with Gasteiger partial charge in [0.25, 0.3) is 0 Å². The number of benzene rings is 1. The van der Waals surface area contributed by atoms with Crippen molar-refractivity contribution in [2.75, 3.05) is 20.1 Å². The van der Waals surface area contributed by atoms with E-state index in [4.69, 9.17) is 0 Å². The van der Waals surface area contributed by atoms with E-state index in [0.717, 1.165) is 24.4 Å². The molecule has 1 aromatic carbocycles. The lowest BCUT2D eigenvalue weighted by atomic mass is 10.2. The Balaban J connectivity index is 1.59. The first kappa shape index (κ1) is 16.5. The number of nitrogens with zero attached hydrogens (tertiary/aromatic N) is 1. The van der Waals surface area contributed by atoms with Crippen LogP contribution >= 0.6 is 11.3 Å². The predicted octanol–water partition coefficient (Wildman–Crippen LogP) is 3.40. The van der Waals surface area contributed by atoms with E-state index in [9.17, 15) is 4.79 Å². The van der Waals surface area contributed by atoms with Crippen molar-refractivity contribution in [2.45, 2.75) is 13.0 Å². The van der Waals surface area contributed by atoms with Gasteiger partial charge in [0.1, 0.15) is 0 Å². The maximum absolute atomic E-state index is 11.7. The van der Waals surface area contributed by atoms with Gasteiger partial charge in [-0.3, -0.25) is 4.79 Å². The van der Waals surface area contributed by atoms with Crippen LogP contribution in [-0.4, -0.2) is 30.9 Å². The molecule has 0 aliphatic rings. The molecule has 0 unspecified atom stereocenters. The number of hydrogen-bond donors (Lipinski definition) is 1. The highest BCUT2D eigenvalue weighted by Gasteiger charge is 2.00. The van der Waals surface area contributed by atoms with Crippen LogP contribution < -0.4 is 5.32 Å². The summed E-state index contributed by atoms with van der Waals surface area (Å²) < 4.78 is 0.